The maximum atomic E-state index is 11.6. The summed E-state index contributed by atoms with van der Waals surface area (Å²) < 4.78 is 0. The van der Waals surface area contributed by atoms with Crippen LogP contribution in [0, 0.1) is 0 Å². The lowest BCUT2D eigenvalue weighted by molar-refractivity contribution is -0.136. The van der Waals surface area contributed by atoms with Crippen LogP contribution in [-0.4, -0.2) is 28.4 Å². The summed E-state index contributed by atoms with van der Waals surface area (Å²) in [5.74, 6) is -0.937. The molecule has 1 rings (SSSR count). The van der Waals surface area contributed by atoms with E-state index >= 15 is 0 Å². The minimum atomic E-state index is -0.844. The molecule has 98 valence electrons. The first-order valence-electron chi connectivity index (χ1n) is 5.81. The summed E-state index contributed by atoms with van der Waals surface area (Å²) >= 11 is 3.07. The van der Waals surface area contributed by atoms with Gasteiger partial charge in [0.05, 0.1) is 0 Å². The van der Waals surface area contributed by atoms with Gasteiger partial charge >= 0.3 is 5.97 Å². The predicted octanol–water partition coefficient (Wildman–Crippen LogP) is 2.43. The molecule has 2 N–H and O–H groups in total. The third-order valence-corrected chi connectivity index (χ3v) is 3.32. The molecular weight excluding hydrogens is 298 g/mol. The van der Waals surface area contributed by atoms with E-state index in [1.54, 1.807) is 12.1 Å². The smallest absolute Gasteiger partial charge is 0.317 e. The number of carboxylic acids is 1. The van der Waals surface area contributed by atoms with Crippen LogP contribution in [0.25, 0.3) is 0 Å². The van der Waals surface area contributed by atoms with E-state index in [1.165, 1.54) is 0 Å². The number of hydrogen-bond donors (Lipinski definition) is 2. The van der Waals surface area contributed by atoms with E-state index in [1.807, 2.05) is 18.2 Å². The van der Waals surface area contributed by atoms with Gasteiger partial charge in [-0.25, -0.2) is 0 Å². The second-order valence-corrected chi connectivity index (χ2v) is 5.03. The van der Waals surface area contributed by atoms with Gasteiger partial charge in [-0.1, -0.05) is 34.1 Å². The number of alkyl halides is 1. The fourth-order valence-electron chi connectivity index (χ4n) is 1.47. The standard InChI is InChI=1S/C13H16BrNO3/c14-11(13(17)18)8-4-5-9-15-12(16)10-6-2-1-3-7-10/h1-3,6-7,11H,4-5,8-9H2,(H,15,16)(H,17,18). The van der Waals surface area contributed by atoms with Crippen molar-refractivity contribution in [1.82, 2.24) is 5.32 Å². The highest BCUT2D eigenvalue weighted by molar-refractivity contribution is 9.10. The van der Waals surface area contributed by atoms with Crippen LogP contribution in [0.2, 0.25) is 0 Å². The molecule has 4 nitrogen and oxygen atoms in total. The Balaban J connectivity index is 2.15. The molecule has 0 aromatic heterocycles. The predicted molar refractivity (Wildman–Crippen MR) is 73.0 cm³/mol. The number of benzene rings is 1. The fourth-order valence-corrected chi connectivity index (χ4v) is 1.79. The number of halogens is 1. The van der Waals surface area contributed by atoms with Crippen molar-refractivity contribution in [2.75, 3.05) is 6.54 Å². The third kappa shape index (κ3) is 5.31. The first kappa shape index (κ1) is 14.7. The molecule has 0 aliphatic carbocycles. The molecule has 1 amide bonds. The summed E-state index contributed by atoms with van der Waals surface area (Å²) in [6, 6.07) is 9.01. The minimum absolute atomic E-state index is 0.0933. The second kappa shape index (κ2) is 7.87. The number of unbranched alkanes of at least 4 members (excludes halogenated alkanes) is 1. The lowest BCUT2D eigenvalue weighted by atomic mass is 10.2. The summed E-state index contributed by atoms with van der Waals surface area (Å²) in [7, 11) is 0. The van der Waals surface area contributed by atoms with Gasteiger partial charge in [-0.2, -0.15) is 0 Å². The second-order valence-electron chi connectivity index (χ2n) is 3.92. The third-order valence-electron chi connectivity index (χ3n) is 2.47. The molecule has 0 saturated heterocycles. The van der Waals surface area contributed by atoms with Crippen LogP contribution in [0.4, 0.5) is 0 Å². The van der Waals surface area contributed by atoms with E-state index in [-0.39, 0.29) is 5.91 Å². The Labute approximate surface area is 115 Å². The number of hydrogen-bond acceptors (Lipinski definition) is 2. The molecule has 0 saturated carbocycles. The maximum absolute atomic E-state index is 11.6. The van der Waals surface area contributed by atoms with E-state index in [0.717, 1.165) is 12.8 Å². The number of carbonyl (C=O) groups is 2. The summed E-state index contributed by atoms with van der Waals surface area (Å²) in [5, 5.41) is 11.5. The van der Waals surface area contributed by atoms with Crippen molar-refractivity contribution in [3.05, 3.63) is 35.9 Å². The van der Waals surface area contributed by atoms with Crippen LogP contribution < -0.4 is 5.32 Å². The largest absolute Gasteiger partial charge is 0.480 e. The minimum Gasteiger partial charge on any atom is -0.480 e. The molecule has 0 radical (unpaired) electrons. The monoisotopic (exact) mass is 313 g/mol. The van der Waals surface area contributed by atoms with Crippen molar-refractivity contribution >= 4 is 27.8 Å². The number of aliphatic carboxylic acids is 1. The summed E-state index contributed by atoms with van der Waals surface area (Å²) in [5.41, 5.74) is 0.640. The van der Waals surface area contributed by atoms with Crippen molar-refractivity contribution in [2.45, 2.75) is 24.1 Å². The number of rotatable bonds is 7. The quantitative estimate of drug-likeness (QED) is 0.600. The highest BCUT2D eigenvalue weighted by Crippen LogP contribution is 2.09. The highest BCUT2D eigenvalue weighted by atomic mass is 79.9. The molecule has 1 atom stereocenters. The molecule has 0 aliphatic rings. The van der Waals surface area contributed by atoms with Gasteiger partial charge in [0.15, 0.2) is 0 Å². The van der Waals surface area contributed by atoms with Gasteiger partial charge < -0.3 is 10.4 Å². The van der Waals surface area contributed by atoms with Crippen LogP contribution in [0.15, 0.2) is 30.3 Å². The molecule has 0 aliphatic heterocycles. The number of nitrogens with one attached hydrogen (secondary N) is 1. The zero-order valence-electron chi connectivity index (χ0n) is 9.93. The molecule has 1 aromatic carbocycles. The normalized spacial score (nSPS) is 11.8. The SMILES string of the molecule is O=C(NCCCCC(Br)C(=O)O)c1ccccc1. The zero-order chi connectivity index (χ0) is 13.4. The van der Waals surface area contributed by atoms with E-state index in [4.69, 9.17) is 5.11 Å². The van der Waals surface area contributed by atoms with Gasteiger partial charge in [0.25, 0.3) is 5.91 Å². The fraction of sp³-hybridized carbons (Fsp3) is 0.385. The van der Waals surface area contributed by atoms with Gasteiger partial charge in [0.2, 0.25) is 0 Å². The Morgan fingerprint density at radius 2 is 1.89 bits per heavy atom. The van der Waals surface area contributed by atoms with Crippen molar-refractivity contribution < 1.29 is 14.7 Å². The van der Waals surface area contributed by atoms with Crippen molar-refractivity contribution in [3.63, 3.8) is 0 Å². The molecule has 5 heteroatoms. The number of carboxylic acid groups (broad SMARTS) is 1. The molecule has 1 aromatic rings. The zero-order valence-corrected chi connectivity index (χ0v) is 11.5. The van der Waals surface area contributed by atoms with Gasteiger partial charge in [0.1, 0.15) is 4.83 Å². The van der Waals surface area contributed by atoms with Gasteiger partial charge in [0, 0.05) is 12.1 Å². The molecule has 0 fully saturated rings. The summed E-state index contributed by atoms with van der Waals surface area (Å²) in [6.45, 7) is 0.563. The summed E-state index contributed by atoms with van der Waals surface area (Å²) in [4.78, 5) is 21.7. The van der Waals surface area contributed by atoms with Crippen molar-refractivity contribution in [3.8, 4) is 0 Å². The van der Waals surface area contributed by atoms with Gasteiger partial charge in [-0.05, 0) is 31.4 Å². The topological polar surface area (TPSA) is 66.4 Å². The van der Waals surface area contributed by atoms with Crippen molar-refractivity contribution in [2.24, 2.45) is 0 Å². The lowest BCUT2D eigenvalue weighted by Gasteiger charge is -2.06. The van der Waals surface area contributed by atoms with Crippen LogP contribution in [0.3, 0.4) is 0 Å². The number of amides is 1. The van der Waals surface area contributed by atoms with Crippen molar-refractivity contribution in [1.29, 1.82) is 0 Å². The summed E-state index contributed by atoms with van der Waals surface area (Å²) in [6.07, 6.45) is 2.10. The van der Waals surface area contributed by atoms with Crippen LogP contribution in [0.1, 0.15) is 29.6 Å². The first-order valence-corrected chi connectivity index (χ1v) is 6.73. The highest BCUT2D eigenvalue weighted by Gasteiger charge is 2.11. The average molecular weight is 314 g/mol. The first-order chi connectivity index (χ1) is 8.61. The van der Waals surface area contributed by atoms with E-state index in [9.17, 15) is 9.59 Å². The van der Waals surface area contributed by atoms with E-state index in [0.29, 0.717) is 18.5 Å². The Morgan fingerprint density at radius 1 is 1.22 bits per heavy atom. The Morgan fingerprint density at radius 3 is 2.50 bits per heavy atom. The average Bonchev–Trinajstić information content (AvgIpc) is 2.38. The van der Waals surface area contributed by atoms with Gasteiger partial charge in [-0.15, -0.1) is 0 Å². The molecule has 18 heavy (non-hydrogen) atoms. The van der Waals surface area contributed by atoms with Gasteiger partial charge in [-0.3, -0.25) is 9.59 Å². The molecule has 0 spiro atoms. The number of carbonyl (C=O) groups excluding carboxylic acids is 1. The van der Waals surface area contributed by atoms with Crippen LogP contribution in [0.5, 0.6) is 0 Å². The van der Waals surface area contributed by atoms with Crippen LogP contribution >= 0.6 is 15.9 Å². The Kier molecular flexibility index (Phi) is 6.43. The van der Waals surface area contributed by atoms with Crippen LogP contribution in [-0.2, 0) is 4.79 Å². The lowest BCUT2D eigenvalue weighted by Crippen LogP contribution is -2.24. The van der Waals surface area contributed by atoms with E-state index in [2.05, 4.69) is 21.2 Å². The molecule has 1 unspecified atom stereocenters. The Bertz CT molecular complexity index is 394. The maximum Gasteiger partial charge on any atom is 0.317 e. The molecule has 0 bridgehead atoms. The molecule has 0 heterocycles. The van der Waals surface area contributed by atoms with E-state index < -0.39 is 10.8 Å². The molecular formula is C13H16BrNO3. The Hall–Kier alpha value is -1.36.